The largest absolute Gasteiger partial charge is 0.337 e. The minimum atomic E-state index is -3.64. The zero-order valence-corrected chi connectivity index (χ0v) is 17.0. The average Bonchev–Trinajstić information content (AvgIpc) is 3.33. The maximum absolute atomic E-state index is 13.3. The van der Waals surface area contributed by atoms with Gasteiger partial charge in [0.2, 0.25) is 21.7 Å². The molecule has 3 aromatic rings. The summed E-state index contributed by atoms with van der Waals surface area (Å²) in [6.07, 6.45) is 1.43. The number of rotatable bonds is 4. The van der Waals surface area contributed by atoms with Crippen LogP contribution in [0.15, 0.2) is 51.9 Å². The van der Waals surface area contributed by atoms with Crippen LogP contribution in [0.3, 0.4) is 0 Å². The molecule has 1 atom stereocenters. The van der Waals surface area contributed by atoms with Crippen molar-refractivity contribution in [3.05, 3.63) is 65.0 Å². The molecule has 4 rings (SSSR count). The van der Waals surface area contributed by atoms with Crippen LogP contribution in [0, 0.1) is 20.8 Å². The van der Waals surface area contributed by atoms with Crippen LogP contribution in [0.5, 0.6) is 0 Å². The van der Waals surface area contributed by atoms with Crippen molar-refractivity contribution in [3.63, 3.8) is 0 Å². The molecule has 0 unspecified atom stereocenters. The Kier molecular flexibility index (Phi) is 4.81. The molecule has 0 bridgehead atoms. The molecule has 1 saturated heterocycles. The Labute approximate surface area is 165 Å². The predicted octanol–water partition coefficient (Wildman–Crippen LogP) is 4.19. The summed E-state index contributed by atoms with van der Waals surface area (Å²) in [6, 6.07) is 12.9. The van der Waals surface area contributed by atoms with E-state index in [1.807, 2.05) is 57.2 Å². The van der Waals surface area contributed by atoms with Gasteiger partial charge in [-0.1, -0.05) is 47.1 Å². The van der Waals surface area contributed by atoms with Gasteiger partial charge in [0.05, 0.1) is 4.90 Å². The number of aromatic nitrogens is 2. The molecule has 0 radical (unpaired) electrons. The van der Waals surface area contributed by atoms with Crippen LogP contribution in [0.25, 0.3) is 11.4 Å². The van der Waals surface area contributed by atoms with Gasteiger partial charge in [0.1, 0.15) is 6.04 Å². The monoisotopic (exact) mass is 397 g/mol. The molecule has 0 amide bonds. The molecule has 1 aliphatic heterocycles. The van der Waals surface area contributed by atoms with E-state index < -0.39 is 16.1 Å². The van der Waals surface area contributed by atoms with Crippen LogP contribution in [0.4, 0.5) is 0 Å². The molecule has 0 saturated carbocycles. The second kappa shape index (κ2) is 7.14. The van der Waals surface area contributed by atoms with Crippen molar-refractivity contribution in [2.24, 2.45) is 0 Å². The minimum Gasteiger partial charge on any atom is -0.337 e. The van der Waals surface area contributed by atoms with E-state index >= 15 is 0 Å². The summed E-state index contributed by atoms with van der Waals surface area (Å²) in [5.74, 6) is 0.827. The third-order valence-electron chi connectivity index (χ3n) is 5.17. The van der Waals surface area contributed by atoms with Gasteiger partial charge in [0.25, 0.3) is 0 Å². The summed E-state index contributed by atoms with van der Waals surface area (Å²) in [7, 11) is -3.64. The molecule has 0 N–H and O–H groups in total. The third kappa shape index (κ3) is 3.36. The molecule has 28 heavy (non-hydrogen) atoms. The van der Waals surface area contributed by atoms with Crippen LogP contribution >= 0.6 is 0 Å². The minimum absolute atomic E-state index is 0.345. The lowest BCUT2D eigenvalue weighted by Gasteiger charge is -2.22. The smallest absolute Gasteiger partial charge is 0.245 e. The molecule has 0 aliphatic carbocycles. The summed E-state index contributed by atoms with van der Waals surface area (Å²) < 4.78 is 33.7. The quantitative estimate of drug-likeness (QED) is 0.660. The van der Waals surface area contributed by atoms with Gasteiger partial charge in [0, 0.05) is 12.1 Å². The first-order valence-corrected chi connectivity index (χ1v) is 10.8. The molecule has 1 fully saturated rings. The van der Waals surface area contributed by atoms with Crippen LogP contribution in [0.1, 0.15) is 41.5 Å². The molecule has 2 heterocycles. The fraction of sp³-hybridized carbons (Fsp3) is 0.333. The highest BCUT2D eigenvalue weighted by Gasteiger charge is 2.40. The maximum atomic E-state index is 13.3. The second-order valence-electron chi connectivity index (χ2n) is 7.36. The standard InChI is InChI=1S/C21H23N3O3S/c1-14-7-10-17(11-8-14)20-22-21(27-23-20)18-5-4-12-24(18)28(25,26)19-13-15(2)6-9-16(19)3/h6-11,13,18H,4-5,12H2,1-3H3/t18-/m1/s1. The molecule has 2 aromatic carbocycles. The summed E-state index contributed by atoms with van der Waals surface area (Å²) in [5, 5.41) is 4.07. The van der Waals surface area contributed by atoms with Gasteiger partial charge in [-0.3, -0.25) is 0 Å². The van der Waals surface area contributed by atoms with E-state index in [4.69, 9.17) is 4.52 Å². The number of aryl methyl sites for hydroxylation is 3. The average molecular weight is 398 g/mol. The fourth-order valence-electron chi connectivity index (χ4n) is 3.58. The normalized spacial score (nSPS) is 17.9. The number of benzene rings is 2. The molecule has 0 spiro atoms. The maximum Gasteiger partial charge on any atom is 0.245 e. The highest BCUT2D eigenvalue weighted by Crippen LogP contribution is 2.37. The van der Waals surface area contributed by atoms with Crippen LogP contribution < -0.4 is 0 Å². The van der Waals surface area contributed by atoms with E-state index in [9.17, 15) is 8.42 Å². The molecular formula is C21H23N3O3S. The molecular weight excluding hydrogens is 374 g/mol. The topological polar surface area (TPSA) is 76.3 Å². The lowest BCUT2D eigenvalue weighted by Crippen LogP contribution is -2.31. The van der Waals surface area contributed by atoms with Crippen LogP contribution in [-0.4, -0.2) is 29.4 Å². The van der Waals surface area contributed by atoms with Crippen molar-refractivity contribution in [2.45, 2.75) is 44.6 Å². The molecule has 7 heteroatoms. The Morgan fingerprint density at radius 2 is 1.75 bits per heavy atom. The zero-order valence-electron chi connectivity index (χ0n) is 16.2. The van der Waals surface area contributed by atoms with Gasteiger partial charge in [-0.2, -0.15) is 9.29 Å². The molecule has 1 aliphatic rings. The van der Waals surface area contributed by atoms with Gasteiger partial charge in [-0.15, -0.1) is 0 Å². The number of nitrogens with zero attached hydrogens (tertiary/aromatic N) is 3. The Hall–Kier alpha value is -2.51. The Bertz CT molecular complexity index is 1100. The van der Waals surface area contributed by atoms with Crippen LogP contribution in [0.2, 0.25) is 0 Å². The van der Waals surface area contributed by atoms with E-state index in [2.05, 4.69) is 10.1 Å². The van der Waals surface area contributed by atoms with Gasteiger partial charge in [-0.25, -0.2) is 8.42 Å². The fourth-order valence-corrected chi connectivity index (χ4v) is 5.54. The molecule has 6 nitrogen and oxygen atoms in total. The highest BCUT2D eigenvalue weighted by molar-refractivity contribution is 7.89. The number of hydrogen-bond donors (Lipinski definition) is 0. The SMILES string of the molecule is Cc1ccc(-c2noc([C@H]3CCCN3S(=O)(=O)c3cc(C)ccc3C)n2)cc1. The third-order valence-corrected chi connectivity index (χ3v) is 7.22. The van der Waals surface area contributed by atoms with Crippen molar-refractivity contribution in [2.75, 3.05) is 6.54 Å². The Balaban J connectivity index is 1.67. The lowest BCUT2D eigenvalue weighted by molar-refractivity contribution is 0.290. The zero-order chi connectivity index (χ0) is 19.9. The first-order chi connectivity index (χ1) is 13.4. The van der Waals surface area contributed by atoms with Crippen molar-refractivity contribution < 1.29 is 12.9 Å². The second-order valence-corrected chi connectivity index (χ2v) is 9.22. The van der Waals surface area contributed by atoms with E-state index in [0.717, 1.165) is 28.7 Å². The summed E-state index contributed by atoms with van der Waals surface area (Å²) >= 11 is 0. The number of hydrogen-bond acceptors (Lipinski definition) is 5. The Morgan fingerprint density at radius 1 is 1.04 bits per heavy atom. The van der Waals surface area contributed by atoms with Crippen molar-refractivity contribution in [1.82, 2.24) is 14.4 Å². The van der Waals surface area contributed by atoms with Crippen LogP contribution in [-0.2, 0) is 10.0 Å². The summed E-state index contributed by atoms with van der Waals surface area (Å²) in [5.41, 5.74) is 3.65. The predicted molar refractivity (Wildman–Crippen MR) is 106 cm³/mol. The van der Waals surface area contributed by atoms with Crippen molar-refractivity contribution >= 4 is 10.0 Å². The summed E-state index contributed by atoms with van der Waals surface area (Å²) in [4.78, 5) is 4.85. The highest BCUT2D eigenvalue weighted by atomic mass is 32.2. The van der Waals surface area contributed by atoms with E-state index in [1.54, 1.807) is 6.07 Å². The first-order valence-electron chi connectivity index (χ1n) is 9.36. The van der Waals surface area contributed by atoms with Gasteiger partial charge < -0.3 is 4.52 Å². The lowest BCUT2D eigenvalue weighted by atomic mass is 10.1. The first kappa shape index (κ1) is 18.8. The molecule has 1 aromatic heterocycles. The van der Waals surface area contributed by atoms with E-state index in [-0.39, 0.29) is 0 Å². The summed E-state index contributed by atoms with van der Waals surface area (Å²) in [6.45, 7) is 6.17. The van der Waals surface area contributed by atoms with Gasteiger partial charge in [-0.05, 0) is 50.8 Å². The Morgan fingerprint density at radius 3 is 2.50 bits per heavy atom. The van der Waals surface area contributed by atoms with E-state index in [0.29, 0.717) is 29.6 Å². The number of sulfonamides is 1. The van der Waals surface area contributed by atoms with Gasteiger partial charge >= 0.3 is 0 Å². The van der Waals surface area contributed by atoms with Gasteiger partial charge in [0.15, 0.2) is 0 Å². The van der Waals surface area contributed by atoms with E-state index in [1.165, 1.54) is 4.31 Å². The van der Waals surface area contributed by atoms with Crippen molar-refractivity contribution in [3.8, 4) is 11.4 Å². The molecule has 146 valence electrons. The van der Waals surface area contributed by atoms with Crippen molar-refractivity contribution in [1.29, 1.82) is 0 Å².